The van der Waals surface area contributed by atoms with Crippen LogP contribution < -0.4 is 16.0 Å². The third-order valence-corrected chi connectivity index (χ3v) is 6.89. The number of thioether (sulfide) groups is 1. The van der Waals surface area contributed by atoms with Crippen LogP contribution in [0.15, 0.2) is 35.5 Å². The molecule has 1 aromatic carbocycles. The van der Waals surface area contributed by atoms with Gasteiger partial charge in [-0.2, -0.15) is 0 Å². The number of hydrogen-bond donors (Lipinski definition) is 3. The number of rotatable bonds is 7. The Balaban J connectivity index is 2.00. The zero-order chi connectivity index (χ0) is 21.8. The third-order valence-electron chi connectivity index (χ3n) is 5.66. The second-order valence-corrected chi connectivity index (χ2v) is 9.35. The predicted octanol–water partition coefficient (Wildman–Crippen LogP) is 3.42. The van der Waals surface area contributed by atoms with E-state index in [1.807, 2.05) is 19.1 Å². The molecule has 1 saturated heterocycles. The summed E-state index contributed by atoms with van der Waals surface area (Å²) in [5.74, 6) is 0.134. The molecule has 30 heavy (non-hydrogen) atoms. The van der Waals surface area contributed by atoms with Crippen LogP contribution in [0.4, 0.5) is 0 Å². The van der Waals surface area contributed by atoms with Crippen LogP contribution in [0.3, 0.4) is 0 Å². The molecule has 4 atom stereocenters. The fraction of sp³-hybridized carbons (Fsp3) is 0.565. The van der Waals surface area contributed by atoms with E-state index in [0.29, 0.717) is 18.1 Å². The average molecular weight is 432 g/mol. The molecule has 2 heterocycles. The van der Waals surface area contributed by atoms with Gasteiger partial charge in [-0.25, -0.2) is 4.79 Å². The van der Waals surface area contributed by atoms with E-state index in [-0.39, 0.29) is 29.5 Å². The lowest BCUT2D eigenvalue weighted by molar-refractivity contribution is -0.139. The van der Waals surface area contributed by atoms with E-state index in [1.165, 1.54) is 5.56 Å². The maximum Gasteiger partial charge on any atom is 0.336 e. The van der Waals surface area contributed by atoms with E-state index in [2.05, 4.69) is 48.9 Å². The second kappa shape index (κ2) is 9.88. The zero-order valence-electron chi connectivity index (χ0n) is 18.5. The number of ether oxygens (including phenoxy) is 1. The number of carbonyl (C=O) groups excluding carboxylic acids is 2. The van der Waals surface area contributed by atoms with Crippen LogP contribution in [-0.4, -0.2) is 35.9 Å². The van der Waals surface area contributed by atoms with E-state index >= 15 is 0 Å². The van der Waals surface area contributed by atoms with Gasteiger partial charge < -0.3 is 15.4 Å². The monoisotopic (exact) mass is 431 g/mol. The van der Waals surface area contributed by atoms with Crippen molar-refractivity contribution in [3.8, 4) is 0 Å². The molecule has 164 valence electrons. The Morgan fingerprint density at radius 1 is 1.17 bits per heavy atom. The van der Waals surface area contributed by atoms with Crippen LogP contribution in [0.5, 0.6) is 0 Å². The molecule has 1 aromatic rings. The van der Waals surface area contributed by atoms with E-state index in [9.17, 15) is 9.59 Å². The number of amides is 1. The molecule has 2 aliphatic rings. The maximum atomic E-state index is 13.2. The predicted molar refractivity (Wildman–Crippen MR) is 121 cm³/mol. The first-order chi connectivity index (χ1) is 14.4. The summed E-state index contributed by atoms with van der Waals surface area (Å²) in [5, 5.41) is 9.96. The highest BCUT2D eigenvalue weighted by atomic mass is 32.2. The first-order valence-electron chi connectivity index (χ1n) is 10.8. The lowest BCUT2D eigenvalue weighted by Crippen LogP contribution is -2.67. The lowest BCUT2D eigenvalue weighted by atomic mass is 9.74. The number of nitrogens with one attached hydrogen (secondary N) is 3. The van der Waals surface area contributed by atoms with Crippen molar-refractivity contribution in [1.82, 2.24) is 16.0 Å². The third kappa shape index (κ3) is 4.67. The molecule has 0 bridgehead atoms. The SMILES string of the molecule is CCCSC1NC(=O)C2C(NC(C)=C(C(=O)OCC)C2c2ccc(C(C)C)cc2)N1. The van der Waals surface area contributed by atoms with Crippen molar-refractivity contribution in [3.63, 3.8) is 0 Å². The number of fused-ring (bicyclic) bond motifs is 1. The molecule has 1 amide bonds. The summed E-state index contributed by atoms with van der Waals surface area (Å²) < 4.78 is 5.36. The Morgan fingerprint density at radius 3 is 2.47 bits per heavy atom. The van der Waals surface area contributed by atoms with Gasteiger partial charge in [0.05, 0.1) is 24.3 Å². The van der Waals surface area contributed by atoms with E-state index < -0.39 is 5.92 Å². The molecule has 0 radical (unpaired) electrons. The number of benzene rings is 1. The highest BCUT2D eigenvalue weighted by Crippen LogP contribution is 2.41. The minimum absolute atomic E-state index is 0.0490. The molecule has 3 N–H and O–H groups in total. The van der Waals surface area contributed by atoms with Crippen LogP contribution in [0.25, 0.3) is 0 Å². The topological polar surface area (TPSA) is 79.5 Å². The number of esters is 1. The molecule has 0 saturated carbocycles. The van der Waals surface area contributed by atoms with Crippen molar-refractivity contribution in [2.75, 3.05) is 12.4 Å². The van der Waals surface area contributed by atoms with Crippen LogP contribution >= 0.6 is 11.8 Å². The number of hydrogen-bond acceptors (Lipinski definition) is 6. The van der Waals surface area contributed by atoms with Crippen molar-refractivity contribution >= 4 is 23.6 Å². The Hall–Kier alpha value is -1.99. The van der Waals surface area contributed by atoms with Crippen molar-refractivity contribution in [3.05, 3.63) is 46.7 Å². The summed E-state index contributed by atoms with van der Waals surface area (Å²) in [7, 11) is 0. The number of allylic oxidation sites excluding steroid dienone is 1. The van der Waals surface area contributed by atoms with Gasteiger partial charge in [0.2, 0.25) is 5.91 Å². The van der Waals surface area contributed by atoms with Crippen molar-refractivity contribution in [2.24, 2.45) is 5.92 Å². The molecular weight excluding hydrogens is 398 g/mol. The fourth-order valence-corrected chi connectivity index (χ4v) is 5.07. The zero-order valence-corrected chi connectivity index (χ0v) is 19.3. The molecule has 0 aromatic heterocycles. The summed E-state index contributed by atoms with van der Waals surface area (Å²) in [6.07, 6.45) is 0.790. The second-order valence-electron chi connectivity index (χ2n) is 8.13. The number of carbonyl (C=O) groups is 2. The van der Waals surface area contributed by atoms with Gasteiger partial charge in [0, 0.05) is 11.6 Å². The van der Waals surface area contributed by atoms with Crippen LogP contribution in [0, 0.1) is 5.92 Å². The molecule has 7 heteroatoms. The Morgan fingerprint density at radius 2 is 1.87 bits per heavy atom. The van der Waals surface area contributed by atoms with Gasteiger partial charge in [-0.3, -0.25) is 10.1 Å². The minimum Gasteiger partial charge on any atom is -0.463 e. The molecule has 3 rings (SSSR count). The highest BCUT2D eigenvalue weighted by Gasteiger charge is 2.48. The van der Waals surface area contributed by atoms with Crippen molar-refractivity contribution in [1.29, 1.82) is 0 Å². The van der Waals surface area contributed by atoms with Gasteiger partial charge in [0.25, 0.3) is 0 Å². The van der Waals surface area contributed by atoms with Gasteiger partial charge >= 0.3 is 5.97 Å². The van der Waals surface area contributed by atoms with Crippen LogP contribution in [0.1, 0.15) is 64.0 Å². The molecular formula is C23H33N3O3S. The van der Waals surface area contributed by atoms with E-state index in [1.54, 1.807) is 18.7 Å². The Labute approximate surface area is 183 Å². The highest BCUT2D eigenvalue weighted by molar-refractivity contribution is 7.99. The first kappa shape index (κ1) is 22.7. The van der Waals surface area contributed by atoms with Gasteiger partial charge in [-0.1, -0.05) is 45.0 Å². The van der Waals surface area contributed by atoms with E-state index in [0.717, 1.165) is 23.4 Å². The summed E-state index contributed by atoms with van der Waals surface area (Å²) in [6.45, 7) is 10.4. The average Bonchev–Trinajstić information content (AvgIpc) is 2.71. The van der Waals surface area contributed by atoms with Crippen molar-refractivity contribution < 1.29 is 14.3 Å². The standard InChI is InChI=1S/C23H33N3O3S/c1-6-12-30-23-25-20-19(21(27)26-23)18(16-10-8-15(9-11-16)13(3)4)17(14(5)24-20)22(28)29-7-2/h8-11,13,18-20,23-25H,6-7,12H2,1-5H3,(H,26,27). The van der Waals surface area contributed by atoms with Crippen molar-refractivity contribution in [2.45, 2.75) is 64.5 Å². The van der Waals surface area contributed by atoms with Crippen LogP contribution in [0.2, 0.25) is 0 Å². The molecule has 0 aliphatic carbocycles. The quantitative estimate of drug-likeness (QED) is 0.574. The van der Waals surface area contributed by atoms with Crippen LogP contribution in [-0.2, 0) is 14.3 Å². The van der Waals surface area contributed by atoms with Gasteiger partial charge in [-0.15, -0.1) is 11.8 Å². The Kier molecular flexibility index (Phi) is 7.47. The summed E-state index contributed by atoms with van der Waals surface area (Å²) in [5.41, 5.74) is 3.33. The van der Waals surface area contributed by atoms with E-state index in [4.69, 9.17) is 4.74 Å². The molecule has 1 fully saturated rings. The van der Waals surface area contributed by atoms with Gasteiger partial charge in [0.1, 0.15) is 5.50 Å². The first-order valence-corrected chi connectivity index (χ1v) is 11.8. The molecule has 0 spiro atoms. The molecule has 6 nitrogen and oxygen atoms in total. The van der Waals surface area contributed by atoms with Gasteiger partial charge in [0.15, 0.2) is 0 Å². The molecule has 4 unspecified atom stereocenters. The largest absolute Gasteiger partial charge is 0.463 e. The normalized spacial score (nSPS) is 26.1. The summed E-state index contributed by atoms with van der Waals surface area (Å²) in [4.78, 5) is 26.1. The lowest BCUT2D eigenvalue weighted by Gasteiger charge is -2.45. The summed E-state index contributed by atoms with van der Waals surface area (Å²) in [6, 6.07) is 8.26. The fourth-order valence-electron chi connectivity index (χ4n) is 4.16. The molecule has 2 aliphatic heterocycles. The van der Waals surface area contributed by atoms with Gasteiger partial charge in [-0.05, 0) is 43.1 Å². The Bertz CT molecular complexity index is 806. The minimum atomic E-state index is -0.448. The summed E-state index contributed by atoms with van der Waals surface area (Å²) >= 11 is 1.68. The maximum absolute atomic E-state index is 13.2. The smallest absolute Gasteiger partial charge is 0.336 e.